The van der Waals surface area contributed by atoms with Gasteiger partial charge in [-0.15, -0.1) is 0 Å². The molecule has 1 amide bonds. The van der Waals surface area contributed by atoms with E-state index in [1.165, 1.54) is 5.56 Å². The number of likely N-dealkylation sites (N-methyl/N-ethyl adjacent to an activating group) is 1. The zero-order valence-electron chi connectivity index (χ0n) is 19.4. The van der Waals surface area contributed by atoms with E-state index in [-0.39, 0.29) is 45.0 Å². The molecule has 1 aliphatic heterocycles. The Morgan fingerprint density at radius 3 is 2.44 bits per heavy atom. The summed E-state index contributed by atoms with van der Waals surface area (Å²) in [6.45, 7) is 3.36. The molecule has 10 heteroatoms. The highest BCUT2D eigenvalue weighted by molar-refractivity contribution is 7.59. The summed E-state index contributed by atoms with van der Waals surface area (Å²) < 4.78 is 39.1. The number of nitrogens with one attached hydrogen (secondary N) is 2. The fourth-order valence-corrected chi connectivity index (χ4v) is 4.74. The van der Waals surface area contributed by atoms with Gasteiger partial charge in [-0.25, -0.2) is 4.98 Å². The maximum atomic E-state index is 13.0. The van der Waals surface area contributed by atoms with Gasteiger partial charge in [0.1, 0.15) is 5.69 Å². The van der Waals surface area contributed by atoms with Crippen molar-refractivity contribution in [3.8, 4) is 0 Å². The first-order chi connectivity index (χ1) is 15.2. The fourth-order valence-electron chi connectivity index (χ4n) is 4.74. The van der Waals surface area contributed by atoms with Crippen molar-refractivity contribution < 1.29 is 18.0 Å². The van der Waals surface area contributed by atoms with Crippen molar-refractivity contribution in [1.82, 2.24) is 15.2 Å². The van der Waals surface area contributed by atoms with Crippen molar-refractivity contribution in [1.29, 1.82) is 0 Å². The zero-order chi connectivity index (χ0) is 22.9. The molecule has 188 valence electrons. The van der Waals surface area contributed by atoms with Crippen LogP contribution in [-0.2, 0) is 19.1 Å². The number of fused-ring (bicyclic) bond motifs is 1. The lowest BCUT2D eigenvalue weighted by atomic mass is 9.90. The number of aryl methyl sites for hydroxylation is 1. The van der Waals surface area contributed by atoms with Crippen LogP contribution in [-0.4, -0.2) is 41.5 Å². The van der Waals surface area contributed by atoms with Crippen molar-refractivity contribution in [2.75, 3.05) is 18.9 Å². The third kappa shape index (κ3) is 6.82. The minimum atomic E-state index is -4.46. The number of halogens is 3. The number of anilines is 1. The molecule has 2 N–H and O–H groups in total. The molecule has 2 aliphatic rings. The van der Waals surface area contributed by atoms with Gasteiger partial charge in [0.25, 0.3) is 5.91 Å². The third-order valence-electron chi connectivity index (χ3n) is 6.38. The number of amides is 1. The van der Waals surface area contributed by atoms with E-state index in [1.807, 2.05) is 12.1 Å². The molecule has 4 rings (SSSR count). The highest BCUT2D eigenvalue weighted by Gasteiger charge is 2.33. The Labute approximate surface area is 212 Å². The van der Waals surface area contributed by atoms with E-state index in [0.717, 1.165) is 62.4 Å². The lowest BCUT2D eigenvalue weighted by molar-refractivity contribution is -0.141. The first kappa shape index (κ1) is 28.3. The van der Waals surface area contributed by atoms with Crippen LogP contribution < -0.4 is 10.6 Å². The summed E-state index contributed by atoms with van der Waals surface area (Å²) in [5.41, 5.74) is 3.03. The van der Waals surface area contributed by atoms with Crippen LogP contribution in [0.2, 0.25) is 0 Å². The maximum Gasteiger partial charge on any atom is 0.433 e. The Morgan fingerprint density at radius 1 is 1.09 bits per heavy atom. The molecule has 2 aromatic rings. The topological polar surface area (TPSA) is 57.3 Å². The number of rotatable bonds is 4. The van der Waals surface area contributed by atoms with Gasteiger partial charge < -0.3 is 15.5 Å². The Bertz CT molecular complexity index is 995. The quantitative estimate of drug-likeness (QED) is 0.617. The summed E-state index contributed by atoms with van der Waals surface area (Å²) in [7, 11) is 2.08. The molecule has 0 bridgehead atoms. The molecule has 1 aromatic carbocycles. The van der Waals surface area contributed by atoms with E-state index >= 15 is 0 Å². The fraction of sp³-hybridized carbons (Fsp3) is 0.500. The Kier molecular flexibility index (Phi) is 9.73. The average molecular weight is 515 g/mol. The van der Waals surface area contributed by atoms with Crippen molar-refractivity contribution in [2.24, 2.45) is 0 Å². The number of carbonyl (C=O) groups excluding carboxylic acids is 1. The average Bonchev–Trinajstić information content (AvgIpc) is 2.73. The summed E-state index contributed by atoms with van der Waals surface area (Å²) in [5.74, 6) is -0.0256. The molecular formula is C24H33F3N4OS2. The van der Waals surface area contributed by atoms with Crippen LogP contribution in [0.5, 0.6) is 0 Å². The molecular weight excluding hydrogens is 481 g/mol. The standard InChI is InChI=1S/C24H29F3N4O.2H2S/c1-15-12-19(13-22(28-15)24(25,26)27)29-17-6-8-18(9-7-17)30-23(32)21-5-3-4-16-14-31(2)11-10-20(16)21;;/h3-5,12-13,17-18H,6-11,14H2,1-2H3,(H,28,29)(H,30,32);2*1H2. The van der Waals surface area contributed by atoms with E-state index in [2.05, 4.69) is 33.6 Å². The van der Waals surface area contributed by atoms with Crippen molar-refractivity contribution >= 4 is 38.6 Å². The predicted molar refractivity (Wildman–Crippen MR) is 138 cm³/mol. The number of benzene rings is 1. The Morgan fingerprint density at radius 2 is 1.76 bits per heavy atom. The first-order valence-electron chi connectivity index (χ1n) is 11.1. The molecule has 1 fully saturated rings. The van der Waals surface area contributed by atoms with Crippen molar-refractivity contribution in [3.05, 3.63) is 58.4 Å². The summed E-state index contributed by atoms with van der Waals surface area (Å²) >= 11 is 0. The number of alkyl halides is 3. The molecule has 1 saturated carbocycles. The molecule has 0 unspecified atom stereocenters. The normalized spacial score (nSPS) is 20.4. The van der Waals surface area contributed by atoms with E-state index in [4.69, 9.17) is 0 Å². The summed E-state index contributed by atoms with van der Waals surface area (Å²) in [6, 6.07) is 8.79. The first-order valence-corrected chi connectivity index (χ1v) is 11.1. The summed E-state index contributed by atoms with van der Waals surface area (Å²) in [5, 5.41) is 6.41. The summed E-state index contributed by atoms with van der Waals surface area (Å²) in [4.78, 5) is 18.8. The van der Waals surface area contributed by atoms with Gasteiger partial charge in [0.2, 0.25) is 0 Å². The predicted octanol–water partition coefficient (Wildman–Crippen LogP) is 4.78. The highest BCUT2D eigenvalue weighted by atomic mass is 32.1. The van der Waals surface area contributed by atoms with Crippen LogP contribution >= 0.6 is 27.0 Å². The number of nitrogens with zero attached hydrogens (tertiary/aromatic N) is 2. The second kappa shape index (κ2) is 11.7. The molecule has 0 spiro atoms. The molecule has 1 aromatic heterocycles. The van der Waals surface area contributed by atoms with Crippen LogP contribution in [0.4, 0.5) is 18.9 Å². The van der Waals surface area contributed by atoms with Gasteiger partial charge in [-0.1, -0.05) is 12.1 Å². The largest absolute Gasteiger partial charge is 0.433 e. The number of hydrogen-bond donors (Lipinski definition) is 2. The van der Waals surface area contributed by atoms with Gasteiger partial charge in [-0.05, 0) is 75.4 Å². The molecule has 2 heterocycles. The van der Waals surface area contributed by atoms with Crippen molar-refractivity contribution in [3.63, 3.8) is 0 Å². The molecule has 34 heavy (non-hydrogen) atoms. The van der Waals surface area contributed by atoms with E-state index < -0.39 is 11.9 Å². The Hall–Kier alpha value is -1.91. The number of pyridine rings is 1. The second-order valence-electron chi connectivity index (χ2n) is 8.98. The van der Waals surface area contributed by atoms with Crippen LogP contribution in [0.25, 0.3) is 0 Å². The number of aromatic nitrogens is 1. The molecule has 0 radical (unpaired) electrons. The molecule has 1 aliphatic carbocycles. The smallest absolute Gasteiger partial charge is 0.382 e. The summed E-state index contributed by atoms with van der Waals surface area (Å²) in [6.07, 6.45) is -0.445. The maximum absolute atomic E-state index is 13.0. The number of carbonyl (C=O) groups is 1. The lowest BCUT2D eigenvalue weighted by Gasteiger charge is -2.31. The molecule has 0 atom stereocenters. The van der Waals surface area contributed by atoms with Gasteiger partial charge in [-0.3, -0.25) is 4.79 Å². The lowest BCUT2D eigenvalue weighted by Crippen LogP contribution is -2.41. The van der Waals surface area contributed by atoms with Crippen molar-refractivity contribution in [2.45, 2.75) is 63.8 Å². The zero-order valence-corrected chi connectivity index (χ0v) is 21.4. The van der Waals surface area contributed by atoms with E-state index in [1.54, 1.807) is 13.0 Å². The van der Waals surface area contributed by atoms with Gasteiger partial charge >= 0.3 is 6.18 Å². The SMILES string of the molecule is Cc1cc(NC2CCC(NC(=O)c3cccc4c3CCN(C)C4)CC2)cc(C(F)(F)F)n1.S.S. The Balaban J connectivity index is 0.00000204. The van der Waals surface area contributed by atoms with E-state index in [0.29, 0.717) is 11.4 Å². The van der Waals surface area contributed by atoms with Gasteiger partial charge in [0, 0.05) is 42.1 Å². The minimum absolute atomic E-state index is 0. The van der Waals surface area contributed by atoms with Crippen LogP contribution in [0.15, 0.2) is 30.3 Å². The number of hydrogen-bond acceptors (Lipinski definition) is 4. The van der Waals surface area contributed by atoms with Gasteiger partial charge in [0.15, 0.2) is 0 Å². The second-order valence-corrected chi connectivity index (χ2v) is 8.98. The van der Waals surface area contributed by atoms with E-state index in [9.17, 15) is 18.0 Å². The molecule has 0 saturated heterocycles. The van der Waals surface area contributed by atoms with Crippen LogP contribution in [0.1, 0.15) is 58.6 Å². The highest BCUT2D eigenvalue weighted by Crippen LogP contribution is 2.31. The molecule has 5 nitrogen and oxygen atoms in total. The van der Waals surface area contributed by atoms with Crippen LogP contribution in [0.3, 0.4) is 0 Å². The minimum Gasteiger partial charge on any atom is -0.382 e. The monoisotopic (exact) mass is 514 g/mol. The van der Waals surface area contributed by atoms with Gasteiger partial charge in [0.05, 0.1) is 0 Å². The van der Waals surface area contributed by atoms with Crippen LogP contribution in [0, 0.1) is 6.92 Å². The van der Waals surface area contributed by atoms with Gasteiger partial charge in [-0.2, -0.15) is 40.2 Å². The third-order valence-corrected chi connectivity index (χ3v) is 6.38.